The maximum absolute atomic E-state index is 11.5. The second kappa shape index (κ2) is 7.45. The molecule has 3 rings (SSSR count). The molecule has 0 bridgehead atoms. The zero-order chi connectivity index (χ0) is 16.2. The predicted octanol–water partition coefficient (Wildman–Crippen LogP) is 2.63. The second-order valence-corrected chi connectivity index (χ2v) is 6.85. The fourth-order valence-electron chi connectivity index (χ4n) is 4.05. The Morgan fingerprint density at radius 1 is 1.26 bits per heavy atom. The quantitative estimate of drug-likeness (QED) is 0.634. The maximum atomic E-state index is 11.5. The molecule has 126 valence electrons. The van der Waals surface area contributed by atoms with Crippen LogP contribution in [0.2, 0.25) is 0 Å². The molecule has 0 saturated carbocycles. The van der Waals surface area contributed by atoms with E-state index in [0.29, 0.717) is 18.6 Å². The third-order valence-electron chi connectivity index (χ3n) is 5.38. The molecule has 2 atom stereocenters. The topological polar surface area (TPSA) is 32.8 Å². The first-order chi connectivity index (χ1) is 11.2. The molecule has 1 heterocycles. The molecule has 1 aliphatic carbocycles. The average molecular weight is 316 g/mol. The molecule has 1 aromatic rings. The zero-order valence-electron chi connectivity index (χ0n) is 14.3. The number of esters is 1. The molecule has 4 heteroatoms. The normalized spacial score (nSPS) is 26.3. The Hall–Kier alpha value is -1.39. The third kappa shape index (κ3) is 3.75. The summed E-state index contributed by atoms with van der Waals surface area (Å²) < 4.78 is 4.81. The van der Waals surface area contributed by atoms with Crippen molar-refractivity contribution < 1.29 is 9.53 Å². The number of carbonyl (C=O) groups is 1. The molecule has 2 aliphatic rings. The molecule has 4 nitrogen and oxygen atoms in total. The summed E-state index contributed by atoms with van der Waals surface area (Å²) in [6.07, 6.45) is 5.06. The fourth-order valence-corrected chi connectivity index (χ4v) is 4.05. The van der Waals surface area contributed by atoms with Crippen LogP contribution >= 0.6 is 0 Å². The van der Waals surface area contributed by atoms with Gasteiger partial charge in [-0.1, -0.05) is 30.7 Å². The van der Waals surface area contributed by atoms with Crippen LogP contribution < -0.4 is 0 Å². The van der Waals surface area contributed by atoms with Gasteiger partial charge >= 0.3 is 5.97 Å². The van der Waals surface area contributed by atoms with Gasteiger partial charge < -0.3 is 4.74 Å². The van der Waals surface area contributed by atoms with Gasteiger partial charge in [0.2, 0.25) is 0 Å². The molecule has 0 spiro atoms. The number of ether oxygens (including phenoxy) is 1. The highest BCUT2D eigenvalue weighted by atomic mass is 16.5. The van der Waals surface area contributed by atoms with E-state index in [2.05, 4.69) is 41.0 Å². The van der Waals surface area contributed by atoms with Crippen molar-refractivity contribution >= 4 is 5.97 Å². The lowest BCUT2D eigenvalue weighted by atomic mass is 9.96. The lowest BCUT2D eigenvalue weighted by molar-refractivity contribution is -0.143. The SMILES string of the molecule is COC(=O)CN1CCN([C@@H]2CCCCc3ccccc32)CC1C. The van der Waals surface area contributed by atoms with Crippen molar-refractivity contribution in [3.05, 3.63) is 35.4 Å². The van der Waals surface area contributed by atoms with Crippen LogP contribution in [0.1, 0.15) is 43.4 Å². The number of methoxy groups -OCH3 is 1. The van der Waals surface area contributed by atoms with Gasteiger partial charge in [0.05, 0.1) is 13.7 Å². The van der Waals surface area contributed by atoms with Crippen molar-refractivity contribution in [2.45, 2.75) is 44.7 Å². The van der Waals surface area contributed by atoms with E-state index >= 15 is 0 Å². The van der Waals surface area contributed by atoms with Crippen LogP contribution in [0.15, 0.2) is 24.3 Å². The molecular weight excluding hydrogens is 288 g/mol. The molecule has 1 aromatic carbocycles. The molecule has 0 N–H and O–H groups in total. The van der Waals surface area contributed by atoms with Gasteiger partial charge in [0.15, 0.2) is 0 Å². The number of rotatable bonds is 3. The highest BCUT2D eigenvalue weighted by Gasteiger charge is 2.31. The van der Waals surface area contributed by atoms with Crippen LogP contribution in [0.5, 0.6) is 0 Å². The van der Waals surface area contributed by atoms with Gasteiger partial charge in [0.1, 0.15) is 0 Å². The third-order valence-corrected chi connectivity index (χ3v) is 5.38. The zero-order valence-corrected chi connectivity index (χ0v) is 14.3. The summed E-state index contributed by atoms with van der Waals surface area (Å²) in [5.41, 5.74) is 3.05. The summed E-state index contributed by atoms with van der Waals surface area (Å²) in [5.74, 6) is -0.134. The van der Waals surface area contributed by atoms with E-state index in [1.165, 1.54) is 43.9 Å². The van der Waals surface area contributed by atoms with E-state index in [1.807, 2.05) is 0 Å². The number of hydrogen-bond donors (Lipinski definition) is 0. The number of carbonyl (C=O) groups excluding carboxylic acids is 1. The summed E-state index contributed by atoms with van der Waals surface area (Å²) in [5, 5.41) is 0. The van der Waals surface area contributed by atoms with E-state index in [9.17, 15) is 4.79 Å². The molecule has 23 heavy (non-hydrogen) atoms. The van der Waals surface area contributed by atoms with Crippen LogP contribution in [-0.4, -0.2) is 55.1 Å². The number of nitrogens with zero attached hydrogens (tertiary/aromatic N) is 2. The van der Waals surface area contributed by atoms with Crippen LogP contribution in [0.4, 0.5) is 0 Å². The van der Waals surface area contributed by atoms with Crippen molar-refractivity contribution in [3.8, 4) is 0 Å². The minimum atomic E-state index is -0.134. The molecule has 1 saturated heterocycles. The van der Waals surface area contributed by atoms with Crippen LogP contribution in [-0.2, 0) is 16.0 Å². The number of hydrogen-bond acceptors (Lipinski definition) is 4. The Balaban J connectivity index is 1.70. The number of aryl methyl sites for hydroxylation is 1. The van der Waals surface area contributed by atoms with Crippen molar-refractivity contribution in [1.82, 2.24) is 9.80 Å². The maximum Gasteiger partial charge on any atom is 0.319 e. The van der Waals surface area contributed by atoms with E-state index in [-0.39, 0.29) is 5.97 Å². The smallest absolute Gasteiger partial charge is 0.319 e. The van der Waals surface area contributed by atoms with Crippen LogP contribution in [0.25, 0.3) is 0 Å². The standard InChI is InChI=1S/C19H28N2O2/c1-15-13-21(12-11-20(15)14-19(22)23-2)18-10-6-4-8-16-7-3-5-9-17(16)18/h3,5,7,9,15,18H,4,6,8,10-14H2,1-2H3/t15?,18-/m1/s1. The van der Waals surface area contributed by atoms with Crippen molar-refractivity contribution in [2.75, 3.05) is 33.3 Å². The molecule has 1 fully saturated rings. The minimum absolute atomic E-state index is 0.134. The van der Waals surface area contributed by atoms with E-state index < -0.39 is 0 Å². The first kappa shape index (κ1) is 16.5. The molecule has 1 aliphatic heterocycles. The Bertz CT molecular complexity index is 546. The molecule has 1 unspecified atom stereocenters. The predicted molar refractivity (Wildman–Crippen MR) is 91.4 cm³/mol. The lowest BCUT2D eigenvalue weighted by Crippen LogP contribution is -2.54. The number of fused-ring (bicyclic) bond motifs is 1. The van der Waals surface area contributed by atoms with E-state index in [0.717, 1.165) is 19.6 Å². The van der Waals surface area contributed by atoms with Crippen molar-refractivity contribution in [3.63, 3.8) is 0 Å². The second-order valence-electron chi connectivity index (χ2n) is 6.85. The summed E-state index contributed by atoms with van der Waals surface area (Å²) in [7, 11) is 1.46. The van der Waals surface area contributed by atoms with E-state index in [4.69, 9.17) is 4.74 Å². The highest BCUT2D eigenvalue weighted by Crippen LogP contribution is 2.34. The van der Waals surface area contributed by atoms with Crippen molar-refractivity contribution in [1.29, 1.82) is 0 Å². The monoisotopic (exact) mass is 316 g/mol. The van der Waals surface area contributed by atoms with Gasteiger partial charge in [-0.3, -0.25) is 14.6 Å². The molecule has 0 amide bonds. The summed E-state index contributed by atoms with van der Waals surface area (Å²) in [6.45, 7) is 5.62. The summed E-state index contributed by atoms with van der Waals surface area (Å²) in [4.78, 5) is 16.4. The summed E-state index contributed by atoms with van der Waals surface area (Å²) in [6, 6.07) is 9.88. The van der Waals surface area contributed by atoms with Gasteiger partial charge in [-0.25, -0.2) is 0 Å². The highest BCUT2D eigenvalue weighted by molar-refractivity contribution is 5.71. The van der Waals surface area contributed by atoms with Crippen LogP contribution in [0, 0.1) is 0 Å². The Morgan fingerprint density at radius 2 is 2.09 bits per heavy atom. The average Bonchev–Trinajstić information content (AvgIpc) is 2.79. The van der Waals surface area contributed by atoms with E-state index in [1.54, 1.807) is 0 Å². The van der Waals surface area contributed by atoms with Gasteiger partial charge in [0, 0.05) is 31.7 Å². The molecular formula is C19H28N2O2. The van der Waals surface area contributed by atoms with Gasteiger partial charge in [0.25, 0.3) is 0 Å². The molecule has 0 aromatic heterocycles. The molecule has 0 radical (unpaired) electrons. The summed E-state index contributed by atoms with van der Waals surface area (Å²) >= 11 is 0. The fraction of sp³-hybridized carbons (Fsp3) is 0.632. The lowest BCUT2D eigenvalue weighted by Gasteiger charge is -2.43. The first-order valence-electron chi connectivity index (χ1n) is 8.81. The Kier molecular flexibility index (Phi) is 5.34. The Morgan fingerprint density at radius 3 is 2.87 bits per heavy atom. The number of benzene rings is 1. The number of piperazine rings is 1. The van der Waals surface area contributed by atoms with Gasteiger partial charge in [-0.2, -0.15) is 0 Å². The van der Waals surface area contributed by atoms with Gasteiger partial charge in [-0.15, -0.1) is 0 Å². The first-order valence-corrected chi connectivity index (χ1v) is 8.81. The largest absolute Gasteiger partial charge is 0.468 e. The van der Waals surface area contributed by atoms with Crippen molar-refractivity contribution in [2.24, 2.45) is 0 Å². The van der Waals surface area contributed by atoms with Gasteiger partial charge in [-0.05, 0) is 37.3 Å². The van der Waals surface area contributed by atoms with Crippen LogP contribution in [0.3, 0.4) is 0 Å². The Labute approximate surface area is 139 Å². The minimum Gasteiger partial charge on any atom is -0.468 e.